The van der Waals surface area contributed by atoms with Gasteiger partial charge in [0, 0.05) is 17.9 Å². The molecule has 19 heavy (non-hydrogen) atoms. The molecule has 0 unspecified atom stereocenters. The summed E-state index contributed by atoms with van der Waals surface area (Å²) < 4.78 is 11.3. The van der Waals surface area contributed by atoms with Crippen molar-refractivity contribution < 1.29 is 9.15 Å². The van der Waals surface area contributed by atoms with Crippen LogP contribution in [0, 0.1) is 0 Å². The lowest BCUT2D eigenvalue weighted by atomic mass is 10.2. The minimum absolute atomic E-state index is 0.623. The molecule has 0 fully saturated rings. The molecule has 0 saturated heterocycles. The van der Waals surface area contributed by atoms with Crippen LogP contribution in [0.4, 0.5) is 0 Å². The normalized spacial score (nSPS) is 10.6. The van der Waals surface area contributed by atoms with Crippen LogP contribution in [0.1, 0.15) is 25.7 Å². The van der Waals surface area contributed by atoms with Gasteiger partial charge in [-0.1, -0.05) is 19.1 Å². The van der Waals surface area contributed by atoms with E-state index in [0.717, 1.165) is 48.8 Å². The Morgan fingerprint density at radius 2 is 2.26 bits per heavy atom. The molecule has 0 aliphatic heterocycles. The highest BCUT2D eigenvalue weighted by Crippen LogP contribution is 2.25. The highest BCUT2D eigenvalue weighted by Gasteiger charge is 2.07. The topological polar surface area (TPSA) is 35.3 Å². The number of halogens is 1. The van der Waals surface area contributed by atoms with Crippen molar-refractivity contribution in [1.82, 2.24) is 4.98 Å². The van der Waals surface area contributed by atoms with Crippen LogP contribution in [0.5, 0.6) is 5.75 Å². The number of nitrogens with zero attached hydrogens (tertiary/aromatic N) is 1. The fraction of sp³-hybridized carbons (Fsp3) is 0.400. The summed E-state index contributed by atoms with van der Waals surface area (Å²) >= 11 is 5.66. The third kappa shape index (κ3) is 4.00. The van der Waals surface area contributed by atoms with Crippen LogP contribution in [0.3, 0.4) is 0 Å². The number of hydrogen-bond donors (Lipinski definition) is 0. The molecule has 0 aliphatic carbocycles. The van der Waals surface area contributed by atoms with Gasteiger partial charge in [0.25, 0.3) is 0 Å². The van der Waals surface area contributed by atoms with Gasteiger partial charge in [0.05, 0.1) is 12.8 Å². The van der Waals surface area contributed by atoms with Crippen molar-refractivity contribution in [2.75, 3.05) is 12.5 Å². The zero-order chi connectivity index (χ0) is 13.5. The average Bonchev–Trinajstić information content (AvgIpc) is 2.92. The minimum Gasteiger partial charge on any atom is -0.494 e. The Labute approximate surface area is 118 Å². The largest absolute Gasteiger partial charge is 0.494 e. The first-order chi connectivity index (χ1) is 9.33. The van der Waals surface area contributed by atoms with E-state index in [4.69, 9.17) is 20.8 Å². The van der Waals surface area contributed by atoms with Crippen molar-refractivity contribution >= 4 is 11.6 Å². The molecule has 0 aliphatic rings. The molecule has 1 aromatic heterocycles. The molecule has 2 rings (SSSR count). The number of rotatable bonds is 7. The Morgan fingerprint density at radius 1 is 1.37 bits per heavy atom. The van der Waals surface area contributed by atoms with E-state index in [9.17, 15) is 0 Å². The van der Waals surface area contributed by atoms with E-state index in [-0.39, 0.29) is 0 Å². The van der Waals surface area contributed by atoms with Crippen LogP contribution in [0.25, 0.3) is 11.3 Å². The Kier molecular flexibility index (Phi) is 5.28. The zero-order valence-corrected chi connectivity index (χ0v) is 11.8. The summed E-state index contributed by atoms with van der Waals surface area (Å²) in [6.07, 6.45) is 4.40. The van der Waals surface area contributed by atoms with Crippen molar-refractivity contribution in [2.45, 2.75) is 26.2 Å². The molecule has 102 valence electrons. The van der Waals surface area contributed by atoms with Gasteiger partial charge in [-0.05, 0) is 25.0 Å². The van der Waals surface area contributed by atoms with Crippen LogP contribution in [0.2, 0.25) is 0 Å². The summed E-state index contributed by atoms with van der Waals surface area (Å²) in [7, 11) is 0. The van der Waals surface area contributed by atoms with Crippen molar-refractivity contribution in [3.63, 3.8) is 0 Å². The molecule has 0 spiro atoms. The predicted molar refractivity (Wildman–Crippen MR) is 76.8 cm³/mol. The molecule has 2 aromatic rings. The SMILES string of the molecule is CCCOc1cccc(-c2cnc(CCCCl)o2)c1. The van der Waals surface area contributed by atoms with Crippen molar-refractivity contribution in [1.29, 1.82) is 0 Å². The minimum atomic E-state index is 0.623. The van der Waals surface area contributed by atoms with Gasteiger partial charge in [0.15, 0.2) is 11.7 Å². The van der Waals surface area contributed by atoms with E-state index in [0.29, 0.717) is 5.88 Å². The Hall–Kier alpha value is -1.48. The van der Waals surface area contributed by atoms with Crippen molar-refractivity contribution in [3.8, 4) is 17.1 Å². The molecular formula is C15H18ClNO2. The van der Waals surface area contributed by atoms with Crippen LogP contribution in [-0.4, -0.2) is 17.5 Å². The number of benzene rings is 1. The number of aryl methyl sites for hydroxylation is 1. The summed E-state index contributed by atoms with van der Waals surface area (Å²) in [5.74, 6) is 2.98. The van der Waals surface area contributed by atoms with Gasteiger partial charge >= 0.3 is 0 Å². The first kappa shape index (κ1) is 13.9. The maximum atomic E-state index is 5.71. The molecule has 1 aromatic carbocycles. The fourth-order valence-corrected chi connectivity index (χ4v) is 1.87. The quantitative estimate of drug-likeness (QED) is 0.709. The first-order valence-electron chi connectivity index (χ1n) is 6.57. The maximum Gasteiger partial charge on any atom is 0.194 e. The maximum absolute atomic E-state index is 5.71. The molecule has 0 saturated carbocycles. The van der Waals surface area contributed by atoms with Gasteiger partial charge < -0.3 is 9.15 Å². The molecule has 0 N–H and O–H groups in total. The Balaban J connectivity index is 2.10. The summed E-state index contributed by atoms with van der Waals surface area (Å²) in [6, 6.07) is 7.87. The summed E-state index contributed by atoms with van der Waals surface area (Å²) in [5, 5.41) is 0. The Bertz CT molecular complexity index is 510. The third-order valence-corrected chi connectivity index (χ3v) is 2.94. The number of alkyl halides is 1. The molecule has 3 nitrogen and oxygen atoms in total. The van der Waals surface area contributed by atoms with E-state index in [1.807, 2.05) is 24.3 Å². The van der Waals surface area contributed by atoms with E-state index >= 15 is 0 Å². The number of oxazole rings is 1. The lowest BCUT2D eigenvalue weighted by Gasteiger charge is -2.05. The lowest BCUT2D eigenvalue weighted by molar-refractivity contribution is 0.317. The van der Waals surface area contributed by atoms with Gasteiger partial charge in [-0.25, -0.2) is 4.98 Å². The number of hydrogen-bond acceptors (Lipinski definition) is 3. The van der Waals surface area contributed by atoms with Crippen LogP contribution in [0.15, 0.2) is 34.9 Å². The molecule has 0 atom stereocenters. The summed E-state index contributed by atoms with van der Waals surface area (Å²) in [5.41, 5.74) is 0.984. The average molecular weight is 280 g/mol. The van der Waals surface area contributed by atoms with E-state index in [1.54, 1.807) is 6.20 Å². The van der Waals surface area contributed by atoms with Crippen LogP contribution in [-0.2, 0) is 6.42 Å². The van der Waals surface area contributed by atoms with Crippen LogP contribution < -0.4 is 4.74 Å². The molecule has 4 heteroatoms. The third-order valence-electron chi connectivity index (χ3n) is 2.67. The number of ether oxygens (including phenoxy) is 1. The second-order valence-electron chi connectivity index (χ2n) is 4.29. The molecule has 0 bridgehead atoms. The second kappa shape index (κ2) is 7.19. The van der Waals surface area contributed by atoms with Gasteiger partial charge in [0.2, 0.25) is 0 Å². The monoisotopic (exact) mass is 279 g/mol. The summed E-state index contributed by atoms with van der Waals surface area (Å²) in [6.45, 7) is 2.81. The first-order valence-corrected chi connectivity index (χ1v) is 7.11. The predicted octanol–water partition coefficient (Wildman–Crippen LogP) is 4.30. The van der Waals surface area contributed by atoms with Crippen molar-refractivity contribution in [2.24, 2.45) is 0 Å². The number of aromatic nitrogens is 1. The lowest BCUT2D eigenvalue weighted by Crippen LogP contribution is -1.94. The molecular weight excluding hydrogens is 262 g/mol. The smallest absolute Gasteiger partial charge is 0.194 e. The van der Waals surface area contributed by atoms with E-state index < -0.39 is 0 Å². The van der Waals surface area contributed by atoms with Gasteiger partial charge in [-0.2, -0.15) is 0 Å². The molecule has 0 amide bonds. The standard InChI is InChI=1S/C15H18ClNO2/c1-2-9-18-13-6-3-5-12(10-13)14-11-17-15(19-14)7-4-8-16/h3,5-6,10-11H,2,4,7-9H2,1H3. The Morgan fingerprint density at radius 3 is 3.05 bits per heavy atom. The highest BCUT2D eigenvalue weighted by atomic mass is 35.5. The van der Waals surface area contributed by atoms with Gasteiger partial charge in [-0.15, -0.1) is 11.6 Å². The second-order valence-corrected chi connectivity index (χ2v) is 4.67. The van der Waals surface area contributed by atoms with Gasteiger partial charge in [-0.3, -0.25) is 0 Å². The van der Waals surface area contributed by atoms with Crippen LogP contribution >= 0.6 is 11.6 Å². The zero-order valence-electron chi connectivity index (χ0n) is 11.1. The van der Waals surface area contributed by atoms with Crippen molar-refractivity contribution in [3.05, 3.63) is 36.4 Å². The molecule has 0 radical (unpaired) electrons. The van der Waals surface area contributed by atoms with E-state index in [2.05, 4.69) is 11.9 Å². The fourth-order valence-electron chi connectivity index (χ4n) is 1.74. The molecule has 1 heterocycles. The van der Waals surface area contributed by atoms with E-state index in [1.165, 1.54) is 0 Å². The van der Waals surface area contributed by atoms with Gasteiger partial charge in [0.1, 0.15) is 5.75 Å². The highest BCUT2D eigenvalue weighted by molar-refractivity contribution is 6.17. The summed E-state index contributed by atoms with van der Waals surface area (Å²) in [4.78, 5) is 4.26.